The minimum atomic E-state index is -0.585. The van der Waals surface area contributed by atoms with Crippen molar-refractivity contribution in [2.45, 2.75) is 0 Å². The van der Waals surface area contributed by atoms with E-state index in [4.69, 9.17) is 21.6 Å². The molecular weight excluding hydrogens is 309 g/mol. The number of nitrogens with zero attached hydrogens (tertiary/aromatic N) is 2. The first-order valence-corrected chi connectivity index (χ1v) is 6.80. The van der Waals surface area contributed by atoms with Gasteiger partial charge < -0.3 is 14.6 Å². The molecule has 1 N–H and O–H groups in total. The number of benzene rings is 1. The Bertz CT molecular complexity index is 737. The predicted octanol–water partition coefficient (Wildman–Crippen LogP) is 2.52. The van der Waals surface area contributed by atoms with Gasteiger partial charge in [0.25, 0.3) is 5.91 Å². The van der Waals surface area contributed by atoms with Crippen LogP contribution >= 0.6 is 11.6 Å². The van der Waals surface area contributed by atoms with Gasteiger partial charge in [-0.15, -0.1) is 0 Å². The minimum Gasteiger partial charge on any atom is -0.383 e. The molecule has 0 radical (unpaired) electrons. The molecular formula is C15H13ClFN3O2. The van der Waals surface area contributed by atoms with E-state index in [1.54, 1.807) is 0 Å². The summed E-state index contributed by atoms with van der Waals surface area (Å²) in [6.07, 6.45) is 1.47. The number of hydrogen-bond acceptors (Lipinski definition) is 3. The molecule has 0 bridgehead atoms. The summed E-state index contributed by atoms with van der Waals surface area (Å²) in [7, 11) is 1.51. The molecule has 5 nitrogen and oxygen atoms in total. The van der Waals surface area contributed by atoms with Crippen LogP contribution in [0.15, 0.2) is 30.5 Å². The highest BCUT2D eigenvalue weighted by Crippen LogP contribution is 2.22. The Labute approximate surface area is 131 Å². The molecule has 2 aromatic rings. The zero-order chi connectivity index (χ0) is 16.1. The van der Waals surface area contributed by atoms with E-state index in [1.165, 1.54) is 36.1 Å². The first-order chi connectivity index (χ1) is 10.6. The van der Waals surface area contributed by atoms with Crippen LogP contribution in [0.1, 0.15) is 16.1 Å². The van der Waals surface area contributed by atoms with Crippen LogP contribution in [0.2, 0.25) is 5.02 Å². The standard InChI is InChI=1S/C15H13ClFN3O2/c1-22-7-5-19-15(21)14-10(9-18)4-6-20(14)13-3-2-11(16)8-12(13)17/h2-4,6,8H,5,7H2,1H3,(H,19,21). The summed E-state index contributed by atoms with van der Waals surface area (Å²) >= 11 is 5.73. The fourth-order valence-electron chi connectivity index (χ4n) is 1.98. The van der Waals surface area contributed by atoms with Gasteiger partial charge in [-0.2, -0.15) is 5.26 Å². The van der Waals surface area contributed by atoms with Gasteiger partial charge >= 0.3 is 0 Å². The molecule has 1 amide bonds. The van der Waals surface area contributed by atoms with Gasteiger partial charge in [-0.1, -0.05) is 11.6 Å². The molecule has 0 atom stereocenters. The Hall–Kier alpha value is -2.36. The van der Waals surface area contributed by atoms with Crippen molar-refractivity contribution in [2.24, 2.45) is 0 Å². The third-order valence-corrected chi connectivity index (χ3v) is 3.22. The molecule has 114 valence electrons. The molecule has 0 aliphatic carbocycles. The molecule has 1 heterocycles. The van der Waals surface area contributed by atoms with E-state index in [1.807, 2.05) is 6.07 Å². The number of ether oxygens (including phenoxy) is 1. The van der Waals surface area contributed by atoms with Crippen LogP contribution in [0.3, 0.4) is 0 Å². The van der Waals surface area contributed by atoms with Gasteiger partial charge in [-0.25, -0.2) is 4.39 Å². The quantitative estimate of drug-likeness (QED) is 0.860. The third-order valence-electron chi connectivity index (χ3n) is 2.98. The summed E-state index contributed by atoms with van der Waals surface area (Å²) in [5, 5.41) is 12.0. The van der Waals surface area contributed by atoms with Crippen LogP contribution in [-0.2, 0) is 4.74 Å². The predicted molar refractivity (Wildman–Crippen MR) is 79.7 cm³/mol. The van der Waals surface area contributed by atoms with Gasteiger partial charge in [0.2, 0.25) is 0 Å². The van der Waals surface area contributed by atoms with E-state index in [0.29, 0.717) is 6.61 Å². The zero-order valence-electron chi connectivity index (χ0n) is 11.8. The van der Waals surface area contributed by atoms with Crippen LogP contribution in [-0.4, -0.2) is 30.7 Å². The first-order valence-electron chi connectivity index (χ1n) is 6.42. The third kappa shape index (κ3) is 3.27. The van der Waals surface area contributed by atoms with Crippen molar-refractivity contribution in [1.29, 1.82) is 5.26 Å². The summed E-state index contributed by atoms with van der Waals surface area (Å²) in [6.45, 7) is 0.623. The number of carbonyl (C=O) groups is 1. The molecule has 0 aliphatic heterocycles. The largest absolute Gasteiger partial charge is 0.383 e. The van der Waals surface area contributed by atoms with Crippen LogP contribution in [0.4, 0.5) is 4.39 Å². The van der Waals surface area contributed by atoms with E-state index in [2.05, 4.69) is 5.32 Å². The van der Waals surface area contributed by atoms with Gasteiger partial charge in [0.15, 0.2) is 0 Å². The molecule has 0 spiro atoms. The SMILES string of the molecule is COCCNC(=O)c1c(C#N)ccn1-c1ccc(Cl)cc1F. The van der Waals surface area contributed by atoms with Crippen molar-refractivity contribution in [3.63, 3.8) is 0 Å². The number of nitriles is 1. The van der Waals surface area contributed by atoms with Crippen LogP contribution < -0.4 is 5.32 Å². The summed E-state index contributed by atoms with van der Waals surface area (Å²) in [5.41, 5.74) is 0.367. The maximum atomic E-state index is 14.1. The topological polar surface area (TPSA) is 67.0 Å². The zero-order valence-corrected chi connectivity index (χ0v) is 12.5. The Kier molecular flexibility index (Phi) is 5.15. The minimum absolute atomic E-state index is 0.0693. The number of hydrogen-bond donors (Lipinski definition) is 1. The summed E-state index contributed by atoms with van der Waals surface area (Å²) < 4.78 is 20.2. The lowest BCUT2D eigenvalue weighted by atomic mass is 10.2. The van der Waals surface area contributed by atoms with E-state index in [0.717, 1.165) is 6.07 Å². The number of rotatable bonds is 5. The van der Waals surface area contributed by atoms with E-state index >= 15 is 0 Å². The number of amides is 1. The fraction of sp³-hybridized carbons (Fsp3) is 0.200. The van der Waals surface area contributed by atoms with Gasteiger partial charge in [-0.3, -0.25) is 4.79 Å². The molecule has 0 aliphatic rings. The van der Waals surface area contributed by atoms with E-state index < -0.39 is 11.7 Å². The fourth-order valence-corrected chi connectivity index (χ4v) is 2.14. The monoisotopic (exact) mass is 321 g/mol. The van der Waals surface area contributed by atoms with Crippen LogP contribution in [0.25, 0.3) is 5.69 Å². The number of aromatic nitrogens is 1. The molecule has 22 heavy (non-hydrogen) atoms. The van der Waals surface area contributed by atoms with Crippen molar-refractivity contribution in [2.75, 3.05) is 20.3 Å². The van der Waals surface area contributed by atoms with Crippen molar-refractivity contribution in [1.82, 2.24) is 9.88 Å². The molecule has 1 aromatic carbocycles. The molecule has 0 saturated carbocycles. The Morgan fingerprint density at radius 1 is 1.50 bits per heavy atom. The Morgan fingerprint density at radius 3 is 2.91 bits per heavy atom. The number of methoxy groups -OCH3 is 1. The summed E-state index contributed by atoms with van der Waals surface area (Å²) in [6, 6.07) is 7.49. The highest BCUT2D eigenvalue weighted by molar-refractivity contribution is 6.30. The van der Waals surface area contributed by atoms with Gasteiger partial charge in [-0.05, 0) is 24.3 Å². The first kappa shape index (κ1) is 16.0. The van der Waals surface area contributed by atoms with Crippen LogP contribution in [0, 0.1) is 17.1 Å². The van der Waals surface area contributed by atoms with Gasteiger partial charge in [0, 0.05) is 24.9 Å². The molecule has 0 unspecified atom stereocenters. The normalized spacial score (nSPS) is 10.3. The average molecular weight is 322 g/mol. The van der Waals surface area contributed by atoms with E-state index in [9.17, 15) is 9.18 Å². The molecule has 0 saturated heterocycles. The van der Waals surface area contributed by atoms with Crippen molar-refractivity contribution in [3.8, 4) is 11.8 Å². The highest BCUT2D eigenvalue weighted by atomic mass is 35.5. The Balaban J connectivity index is 2.43. The van der Waals surface area contributed by atoms with Crippen molar-refractivity contribution >= 4 is 17.5 Å². The van der Waals surface area contributed by atoms with E-state index in [-0.39, 0.29) is 28.5 Å². The second-order valence-electron chi connectivity index (χ2n) is 4.40. The molecule has 1 aromatic heterocycles. The lowest BCUT2D eigenvalue weighted by molar-refractivity contribution is 0.0930. The maximum absolute atomic E-state index is 14.1. The smallest absolute Gasteiger partial charge is 0.269 e. The van der Waals surface area contributed by atoms with Gasteiger partial charge in [0.1, 0.15) is 17.6 Å². The average Bonchev–Trinajstić information content (AvgIpc) is 2.91. The maximum Gasteiger partial charge on any atom is 0.269 e. The molecule has 7 heteroatoms. The second kappa shape index (κ2) is 7.07. The highest BCUT2D eigenvalue weighted by Gasteiger charge is 2.19. The van der Waals surface area contributed by atoms with Crippen molar-refractivity contribution < 1.29 is 13.9 Å². The molecule has 2 rings (SSSR count). The summed E-state index contributed by atoms with van der Waals surface area (Å²) in [4.78, 5) is 12.2. The number of carbonyl (C=O) groups excluding carboxylic acids is 1. The molecule has 0 fully saturated rings. The lowest BCUT2D eigenvalue weighted by Gasteiger charge is -2.11. The number of nitrogens with one attached hydrogen (secondary N) is 1. The number of halogens is 2. The van der Waals surface area contributed by atoms with Gasteiger partial charge in [0.05, 0.1) is 17.9 Å². The van der Waals surface area contributed by atoms with Crippen molar-refractivity contribution in [3.05, 3.63) is 52.6 Å². The second-order valence-corrected chi connectivity index (χ2v) is 4.84. The van der Waals surface area contributed by atoms with Crippen LogP contribution in [0.5, 0.6) is 0 Å². The lowest BCUT2D eigenvalue weighted by Crippen LogP contribution is -2.29. The summed E-state index contributed by atoms with van der Waals surface area (Å²) in [5.74, 6) is -1.06. The Morgan fingerprint density at radius 2 is 2.27 bits per heavy atom.